The SMILES string of the molecule is C[C@]12CC[C@H]3[C@@H](CCC4=CC(=O)CC[C@@]43C)[C@@H]1CC[C@@H]2OCNC(=O)NCCc1cnc(I)[nH]1. The van der Waals surface area contributed by atoms with Crippen LogP contribution in [0.25, 0.3) is 0 Å². The van der Waals surface area contributed by atoms with Gasteiger partial charge in [0.2, 0.25) is 0 Å². The molecule has 4 aliphatic carbocycles. The molecule has 2 amide bonds. The average Bonchev–Trinajstić information content (AvgIpc) is 3.37. The number of carbonyl (C=O) groups excluding carboxylic acids is 2. The third kappa shape index (κ3) is 4.45. The van der Waals surface area contributed by atoms with E-state index in [1.165, 1.54) is 31.3 Å². The molecule has 3 fully saturated rings. The van der Waals surface area contributed by atoms with Crippen molar-refractivity contribution in [2.24, 2.45) is 28.6 Å². The Kier molecular flexibility index (Phi) is 6.83. The summed E-state index contributed by atoms with van der Waals surface area (Å²) in [5.74, 6) is 2.43. The van der Waals surface area contributed by atoms with Gasteiger partial charge in [-0.05, 0) is 102 Å². The minimum atomic E-state index is -0.191. The van der Waals surface area contributed by atoms with Crippen LogP contribution in [0.5, 0.6) is 0 Å². The van der Waals surface area contributed by atoms with Crippen molar-refractivity contribution in [2.45, 2.75) is 77.7 Å². The molecular weight excluding hydrogens is 543 g/mol. The van der Waals surface area contributed by atoms with Crippen molar-refractivity contribution in [1.82, 2.24) is 20.6 Å². The van der Waals surface area contributed by atoms with Gasteiger partial charge in [-0.25, -0.2) is 9.78 Å². The summed E-state index contributed by atoms with van der Waals surface area (Å²) in [6.07, 6.45) is 13.4. The standard InChI is InChI=1S/C26H37IN4O3/c1-25-10-7-18(32)13-16(25)3-4-19-20-5-6-22(26(20,2)11-8-21(19)25)34-15-30-24(33)28-12-9-17-14-29-23(27)31-17/h13-14,19-22H,3-12,15H2,1-2H3,(H,29,31)(H2,28,30,33)/t19-,20-,21-,22-,25-,26-/m0/s1. The summed E-state index contributed by atoms with van der Waals surface area (Å²) in [7, 11) is 0. The van der Waals surface area contributed by atoms with E-state index in [1.807, 2.05) is 6.08 Å². The highest BCUT2D eigenvalue weighted by Crippen LogP contribution is 2.65. The van der Waals surface area contributed by atoms with Crippen LogP contribution in [0.15, 0.2) is 17.8 Å². The zero-order valence-corrected chi connectivity index (χ0v) is 22.4. The normalized spacial score (nSPS) is 36.8. The van der Waals surface area contributed by atoms with Crippen LogP contribution in [0.3, 0.4) is 0 Å². The van der Waals surface area contributed by atoms with E-state index in [4.69, 9.17) is 4.74 Å². The van der Waals surface area contributed by atoms with Crippen molar-refractivity contribution in [3.63, 3.8) is 0 Å². The second-order valence-electron chi connectivity index (χ2n) is 11.3. The summed E-state index contributed by atoms with van der Waals surface area (Å²) < 4.78 is 7.15. The lowest BCUT2D eigenvalue weighted by atomic mass is 9.47. The molecule has 3 N–H and O–H groups in total. The van der Waals surface area contributed by atoms with E-state index < -0.39 is 0 Å². The summed E-state index contributed by atoms with van der Waals surface area (Å²) in [6, 6.07) is -0.191. The van der Waals surface area contributed by atoms with Gasteiger partial charge in [0, 0.05) is 31.3 Å². The number of halogens is 1. The van der Waals surface area contributed by atoms with E-state index in [0.717, 1.165) is 41.1 Å². The maximum absolute atomic E-state index is 12.2. The van der Waals surface area contributed by atoms with Gasteiger partial charge in [-0.3, -0.25) is 4.79 Å². The number of ether oxygens (including phenoxy) is 1. The Morgan fingerprint density at radius 2 is 2.03 bits per heavy atom. The van der Waals surface area contributed by atoms with Gasteiger partial charge in [0.05, 0.1) is 6.10 Å². The van der Waals surface area contributed by atoms with Crippen molar-refractivity contribution in [3.05, 3.63) is 27.4 Å². The molecule has 0 aromatic carbocycles. The van der Waals surface area contributed by atoms with E-state index in [1.54, 1.807) is 6.20 Å². The Labute approximate surface area is 215 Å². The molecule has 0 bridgehead atoms. The van der Waals surface area contributed by atoms with Crippen LogP contribution in [-0.2, 0) is 16.0 Å². The number of nitrogens with zero attached hydrogens (tertiary/aromatic N) is 1. The summed E-state index contributed by atoms with van der Waals surface area (Å²) in [5.41, 5.74) is 2.84. The molecule has 0 radical (unpaired) electrons. The first-order chi connectivity index (χ1) is 16.3. The van der Waals surface area contributed by atoms with E-state index in [2.05, 4.69) is 57.0 Å². The highest BCUT2D eigenvalue weighted by Gasteiger charge is 2.59. The minimum Gasteiger partial charge on any atom is -0.357 e. The number of aromatic amines is 1. The number of nitrogens with one attached hydrogen (secondary N) is 3. The first-order valence-electron chi connectivity index (χ1n) is 12.9. The molecule has 1 heterocycles. The van der Waals surface area contributed by atoms with Crippen LogP contribution < -0.4 is 10.6 Å². The maximum atomic E-state index is 12.2. The Bertz CT molecular complexity index is 977. The Morgan fingerprint density at radius 1 is 1.18 bits per heavy atom. The van der Waals surface area contributed by atoms with E-state index in [0.29, 0.717) is 30.6 Å². The third-order valence-corrected chi connectivity index (χ3v) is 10.2. The molecule has 3 saturated carbocycles. The molecule has 6 atom stereocenters. The van der Waals surface area contributed by atoms with Crippen molar-refractivity contribution < 1.29 is 14.3 Å². The first-order valence-corrected chi connectivity index (χ1v) is 13.9. The van der Waals surface area contributed by atoms with Gasteiger partial charge in [-0.2, -0.15) is 0 Å². The zero-order chi connectivity index (χ0) is 23.9. The Hall–Kier alpha value is -1.42. The molecule has 4 aliphatic rings. The van der Waals surface area contributed by atoms with Gasteiger partial charge in [-0.1, -0.05) is 19.4 Å². The molecule has 1 aromatic rings. The van der Waals surface area contributed by atoms with Gasteiger partial charge in [-0.15, -0.1) is 0 Å². The molecule has 5 rings (SSSR count). The Balaban J connectivity index is 1.12. The number of urea groups is 1. The summed E-state index contributed by atoms with van der Waals surface area (Å²) in [4.78, 5) is 31.6. The lowest BCUT2D eigenvalue weighted by molar-refractivity contribution is -0.119. The first kappa shape index (κ1) is 24.3. The highest BCUT2D eigenvalue weighted by atomic mass is 127. The number of hydrogen-bond acceptors (Lipinski definition) is 4. The molecule has 7 nitrogen and oxygen atoms in total. The fourth-order valence-electron chi connectivity index (χ4n) is 7.82. The molecular formula is C26H37IN4O3. The van der Waals surface area contributed by atoms with Crippen LogP contribution in [0.2, 0.25) is 0 Å². The monoisotopic (exact) mass is 580 g/mol. The predicted molar refractivity (Wildman–Crippen MR) is 138 cm³/mol. The van der Waals surface area contributed by atoms with Crippen LogP contribution >= 0.6 is 22.6 Å². The number of amides is 2. The number of aromatic nitrogens is 2. The largest absolute Gasteiger partial charge is 0.357 e. The van der Waals surface area contributed by atoms with Gasteiger partial charge in [0.15, 0.2) is 9.61 Å². The molecule has 0 spiro atoms. The average molecular weight is 581 g/mol. The van der Waals surface area contributed by atoms with Gasteiger partial charge < -0.3 is 20.4 Å². The molecule has 1 aromatic heterocycles. The fraction of sp³-hybridized carbons (Fsp3) is 0.731. The molecule has 8 heteroatoms. The number of carbonyl (C=O) groups is 2. The van der Waals surface area contributed by atoms with E-state index in [9.17, 15) is 9.59 Å². The third-order valence-electron chi connectivity index (χ3n) is 9.67. The van der Waals surface area contributed by atoms with E-state index in [-0.39, 0.29) is 29.7 Å². The number of allylic oxidation sites excluding steroid dienone is 1. The smallest absolute Gasteiger partial charge is 0.316 e. The van der Waals surface area contributed by atoms with Crippen molar-refractivity contribution in [1.29, 1.82) is 0 Å². The minimum absolute atomic E-state index is 0.180. The number of hydrogen-bond donors (Lipinski definition) is 3. The van der Waals surface area contributed by atoms with Gasteiger partial charge >= 0.3 is 6.03 Å². The molecule has 0 aliphatic heterocycles. The number of rotatable bonds is 6. The van der Waals surface area contributed by atoms with Gasteiger partial charge in [0.25, 0.3) is 0 Å². The Morgan fingerprint density at radius 3 is 2.82 bits per heavy atom. The zero-order valence-electron chi connectivity index (χ0n) is 20.3. The summed E-state index contributed by atoms with van der Waals surface area (Å²) in [6.45, 7) is 5.66. The topological polar surface area (TPSA) is 96.1 Å². The lowest BCUT2D eigenvalue weighted by Gasteiger charge is -2.58. The lowest BCUT2D eigenvalue weighted by Crippen LogP contribution is -2.51. The van der Waals surface area contributed by atoms with Crippen molar-refractivity contribution in [2.75, 3.05) is 13.3 Å². The number of imidazole rings is 1. The quantitative estimate of drug-likeness (QED) is 0.335. The molecule has 0 saturated heterocycles. The predicted octanol–water partition coefficient (Wildman–Crippen LogP) is 4.73. The van der Waals surface area contributed by atoms with Gasteiger partial charge in [0.1, 0.15) is 6.73 Å². The number of ketones is 1. The fourth-order valence-corrected chi connectivity index (χ4v) is 8.31. The number of H-pyrrole nitrogens is 1. The number of fused-ring (bicyclic) bond motifs is 5. The second kappa shape index (κ2) is 9.56. The highest BCUT2D eigenvalue weighted by molar-refractivity contribution is 14.1. The maximum Gasteiger partial charge on any atom is 0.316 e. The molecule has 34 heavy (non-hydrogen) atoms. The van der Waals surface area contributed by atoms with Crippen LogP contribution in [0.4, 0.5) is 4.79 Å². The second-order valence-corrected chi connectivity index (χ2v) is 12.3. The molecule has 0 unspecified atom stereocenters. The van der Waals surface area contributed by atoms with E-state index >= 15 is 0 Å². The van der Waals surface area contributed by atoms with Crippen molar-refractivity contribution >= 4 is 34.4 Å². The molecule has 186 valence electrons. The van der Waals surface area contributed by atoms with Crippen LogP contribution in [0, 0.1) is 32.4 Å². The summed E-state index contributed by atoms with van der Waals surface area (Å²) >= 11 is 2.14. The van der Waals surface area contributed by atoms with Crippen molar-refractivity contribution in [3.8, 4) is 0 Å². The van der Waals surface area contributed by atoms with Crippen LogP contribution in [0.1, 0.15) is 70.9 Å². The summed E-state index contributed by atoms with van der Waals surface area (Å²) in [5, 5.41) is 5.77. The van der Waals surface area contributed by atoms with Crippen LogP contribution in [-0.4, -0.2) is 41.2 Å².